The number of rotatable bonds is 3. The Morgan fingerprint density at radius 1 is 1.14 bits per heavy atom. The molecule has 2 fully saturated rings. The summed E-state index contributed by atoms with van der Waals surface area (Å²) in [4.78, 5) is 15.3. The molecule has 2 N–H and O–H groups in total. The van der Waals surface area contributed by atoms with Crippen LogP contribution in [0.25, 0.3) is 0 Å². The SMILES string of the molecule is O=C1CC[C@]2(O)[C@@H]3Cc4ccc(O)c5c4[C@]2(CCN3CCc2ccccc2)[C@@H]1O5. The van der Waals surface area contributed by atoms with Gasteiger partial charge in [-0.25, -0.2) is 0 Å². The van der Waals surface area contributed by atoms with Gasteiger partial charge in [0.2, 0.25) is 0 Å². The summed E-state index contributed by atoms with van der Waals surface area (Å²) in [5, 5.41) is 22.5. The fourth-order valence-corrected chi connectivity index (χ4v) is 6.60. The van der Waals surface area contributed by atoms with Crippen molar-refractivity contribution in [2.75, 3.05) is 13.1 Å². The van der Waals surface area contributed by atoms with Gasteiger partial charge in [0.25, 0.3) is 0 Å². The number of hydrogen-bond acceptors (Lipinski definition) is 5. The standard InChI is InChI=1S/C24H25NO4/c26-17-7-6-16-14-19-24(28)10-8-18(27)22-23(24,20(16)21(17)29-22)11-13-25(19)12-9-15-4-2-1-3-5-15/h1-7,19,22,26,28H,8-14H2/t19-,22+,23+,24-/m0/s1. The average molecular weight is 391 g/mol. The Morgan fingerprint density at radius 3 is 2.79 bits per heavy atom. The number of ketones is 1. The Morgan fingerprint density at radius 2 is 1.97 bits per heavy atom. The molecule has 0 radical (unpaired) electrons. The Hall–Kier alpha value is -2.37. The molecule has 1 saturated heterocycles. The molecule has 6 rings (SSSR count). The van der Waals surface area contributed by atoms with E-state index in [0.717, 1.165) is 37.1 Å². The Labute approximate surface area is 169 Å². The predicted octanol–water partition coefficient (Wildman–Crippen LogP) is 2.36. The highest BCUT2D eigenvalue weighted by molar-refractivity contribution is 5.90. The molecular formula is C24H25NO4. The molecule has 0 amide bonds. The quantitative estimate of drug-likeness (QED) is 0.841. The van der Waals surface area contributed by atoms with Crippen LogP contribution in [0.5, 0.6) is 11.5 Å². The maximum absolute atomic E-state index is 12.8. The number of nitrogens with zero attached hydrogens (tertiary/aromatic N) is 1. The zero-order chi connectivity index (χ0) is 19.8. The number of aromatic hydroxyl groups is 1. The van der Waals surface area contributed by atoms with Crippen LogP contribution in [0.3, 0.4) is 0 Å². The minimum Gasteiger partial charge on any atom is -0.504 e. The number of carbonyl (C=O) groups excluding carboxylic acids is 1. The molecule has 4 aliphatic rings. The van der Waals surface area contributed by atoms with Crippen molar-refractivity contribution < 1.29 is 19.7 Å². The van der Waals surface area contributed by atoms with Gasteiger partial charge in [-0.2, -0.15) is 0 Å². The van der Waals surface area contributed by atoms with Crippen molar-refractivity contribution in [2.45, 2.75) is 55.3 Å². The lowest BCUT2D eigenvalue weighted by Gasteiger charge is -2.62. The van der Waals surface area contributed by atoms with Crippen molar-refractivity contribution in [3.05, 3.63) is 59.2 Å². The second-order valence-electron chi connectivity index (χ2n) is 9.05. The summed E-state index contributed by atoms with van der Waals surface area (Å²) >= 11 is 0. The van der Waals surface area contributed by atoms with Gasteiger partial charge >= 0.3 is 0 Å². The molecule has 2 aliphatic heterocycles. The Balaban J connectivity index is 1.43. The monoisotopic (exact) mass is 391 g/mol. The average Bonchev–Trinajstić information content (AvgIpc) is 3.09. The predicted molar refractivity (Wildman–Crippen MR) is 107 cm³/mol. The lowest BCUT2D eigenvalue weighted by Crippen LogP contribution is -2.76. The summed E-state index contributed by atoms with van der Waals surface area (Å²) in [6.07, 6.45) is 2.45. The van der Waals surface area contributed by atoms with Gasteiger partial charge in [0, 0.05) is 24.6 Å². The van der Waals surface area contributed by atoms with Crippen LogP contribution < -0.4 is 4.74 Å². The maximum atomic E-state index is 12.8. The van der Waals surface area contributed by atoms with Gasteiger partial charge < -0.3 is 14.9 Å². The molecular weight excluding hydrogens is 366 g/mol. The van der Waals surface area contributed by atoms with E-state index in [0.29, 0.717) is 25.0 Å². The largest absolute Gasteiger partial charge is 0.504 e. The highest BCUT2D eigenvalue weighted by atomic mass is 16.5. The van der Waals surface area contributed by atoms with Crippen molar-refractivity contribution in [2.24, 2.45) is 0 Å². The van der Waals surface area contributed by atoms with Crippen LogP contribution in [0.15, 0.2) is 42.5 Å². The van der Waals surface area contributed by atoms with Gasteiger partial charge in [0.1, 0.15) is 0 Å². The van der Waals surface area contributed by atoms with Crippen LogP contribution in [0, 0.1) is 0 Å². The second kappa shape index (κ2) is 5.83. The number of phenolic OH excluding ortho intramolecular Hbond substituents is 1. The summed E-state index contributed by atoms with van der Waals surface area (Å²) < 4.78 is 6.07. The third kappa shape index (κ3) is 2.10. The fourth-order valence-electron chi connectivity index (χ4n) is 6.60. The number of ether oxygens (including phenoxy) is 1. The Bertz CT molecular complexity index is 1010. The maximum Gasteiger partial charge on any atom is 0.174 e. The van der Waals surface area contributed by atoms with Gasteiger partial charge in [-0.3, -0.25) is 9.69 Å². The van der Waals surface area contributed by atoms with Gasteiger partial charge in [-0.05, 0) is 49.4 Å². The van der Waals surface area contributed by atoms with E-state index >= 15 is 0 Å². The van der Waals surface area contributed by atoms with Crippen LogP contribution in [-0.2, 0) is 23.1 Å². The van der Waals surface area contributed by atoms with E-state index in [4.69, 9.17) is 4.74 Å². The highest BCUT2D eigenvalue weighted by Gasteiger charge is 2.73. The summed E-state index contributed by atoms with van der Waals surface area (Å²) in [6.45, 7) is 1.70. The molecule has 5 heteroatoms. The topological polar surface area (TPSA) is 70.0 Å². The van der Waals surface area contributed by atoms with Gasteiger partial charge in [-0.1, -0.05) is 36.4 Å². The highest BCUT2D eigenvalue weighted by Crippen LogP contribution is 2.64. The smallest absolute Gasteiger partial charge is 0.174 e. The number of hydrogen-bond donors (Lipinski definition) is 2. The number of carbonyl (C=O) groups is 1. The van der Waals surface area contributed by atoms with E-state index in [1.807, 2.05) is 12.1 Å². The van der Waals surface area contributed by atoms with Crippen molar-refractivity contribution in [3.63, 3.8) is 0 Å². The third-order valence-electron chi connectivity index (χ3n) is 7.90. The van der Waals surface area contributed by atoms with Gasteiger partial charge in [0.15, 0.2) is 23.4 Å². The van der Waals surface area contributed by atoms with Crippen molar-refractivity contribution in [3.8, 4) is 11.5 Å². The third-order valence-corrected chi connectivity index (χ3v) is 7.90. The molecule has 5 nitrogen and oxygen atoms in total. The van der Waals surface area contributed by atoms with Crippen LogP contribution >= 0.6 is 0 Å². The molecule has 29 heavy (non-hydrogen) atoms. The summed E-state index contributed by atoms with van der Waals surface area (Å²) in [6, 6.07) is 14.0. The van der Waals surface area contributed by atoms with Gasteiger partial charge in [-0.15, -0.1) is 0 Å². The molecule has 0 unspecified atom stereocenters. The van der Waals surface area contributed by atoms with E-state index in [9.17, 15) is 15.0 Å². The first-order valence-electron chi connectivity index (χ1n) is 10.6. The van der Waals surface area contributed by atoms with E-state index in [-0.39, 0.29) is 17.6 Å². The first kappa shape index (κ1) is 17.5. The molecule has 2 heterocycles. The minimum atomic E-state index is -1.01. The normalized spacial score (nSPS) is 34.6. The lowest BCUT2D eigenvalue weighted by atomic mass is 9.49. The summed E-state index contributed by atoms with van der Waals surface area (Å²) in [7, 11) is 0. The molecule has 2 bridgehead atoms. The number of Topliss-reactive ketones (excluding diaryl/α,β-unsaturated/α-hetero) is 1. The lowest BCUT2D eigenvalue weighted by molar-refractivity contribution is -0.188. The summed E-state index contributed by atoms with van der Waals surface area (Å²) in [5.74, 6) is 0.555. The van der Waals surface area contributed by atoms with Gasteiger partial charge in [0.05, 0.1) is 11.0 Å². The van der Waals surface area contributed by atoms with Crippen molar-refractivity contribution in [1.29, 1.82) is 0 Å². The van der Waals surface area contributed by atoms with E-state index in [1.54, 1.807) is 6.07 Å². The Kier molecular flexibility index (Phi) is 3.52. The number of likely N-dealkylation sites (tertiary alicyclic amines) is 1. The van der Waals surface area contributed by atoms with E-state index in [1.165, 1.54) is 5.56 Å². The van der Waals surface area contributed by atoms with E-state index < -0.39 is 17.1 Å². The first-order chi connectivity index (χ1) is 14.0. The van der Waals surface area contributed by atoms with Crippen LogP contribution in [0.1, 0.15) is 36.0 Å². The zero-order valence-electron chi connectivity index (χ0n) is 16.3. The molecule has 4 atom stereocenters. The summed E-state index contributed by atoms with van der Waals surface area (Å²) in [5.41, 5.74) is 1.57. The molecule has 150 valence electrons. The number of benzene rings is 2. The molecule has 1 saturated carbocycles. The zero-order valence-corrected chi connectivity index (χ0v) is 16.3. The number of phenols is 1. The number of piperidine rings is 1. The van der Waals surface area contributed by atoms with Crippen LogP contribution in [0.2, 0.25) is 0 Å². The molecule has 1 spiro atoms. The molecule has 2 aromatic carbocycles. The van der Waals surface area contributed by atoms with Crippen molar-refractivity contribution in [1.82, 2.24) is 4.90 Å². The first-order valence-corrected chi connectivity index (χ1v) is 10.6. The van der Waals surface area contributed by atoms with Crippen LogP contribution in [-0.4, -0.2) is 51.7 Å². The fraction of sp³-hybridized carbons (Fsp3) is 0.458. The van der Waals surface area contributed by atoms with Crippen LogP contribution in [0.4, 0.5) is 0 Å². The second-order valence-corrected chi connectivity index (χ2v) is 9.05. The van der Waals surface area contributed by atoms with E-state index in [2.05, 4.69) is 29.2 Å². The van der Waals surface area contributed by atoms with Crippen molar-refractivity contribution >= 4 is 5.78 Å². The molecule has 0 aromatic heterocycles. The molecule has 2 aliphatic carbocycles. The minimum absolute atomic E-state index is 0.0397. The molecule has 2 aromatic rings. The number of aliphatic hydroxyl groups is 1.